The van der Waals surface area contributed by atoms with Gasteiger partial charge in [0, 0.05) is 26.2 Å². The van der Waals surface area contributed by atoms with Crippen LogP contribution in [0.1, 0.15) is 41.5 Å². The number of rotatable bonds is 2. The third-order valence-electron chi connectivity index (χ3n) is 5.26. The number of amides is 3. The predicted molar refractivity (Wildman–Crippen MR) is 119 cm³/mol. The Morgan fingerprint density at radius 1 is 0.935 bits per heavy atom. The molecule has 0 aromatic heterocycles. The Hall–Kier alpha value is -3.06. The summed E-state index contributed by atoms with van der Waals surface area (Å²) in [6.45, 7) is 7.78. The number of piperazine rings is 1. The second kappa shape index (κ2) is 7.89. The van der Waals surface area contributed by atoms with Crippen LogP contribution in [0.2, 0.25) is 5.02 Å². The number of imide groups is 1. The van der Waals surface area contributed by atoms with Crippen molar-refractivity contribution < 1.29 is 19.1 Å². The van der Waals surface area contributed by atoms with Crippen LogP contribution in [0.5, 0.6) is 0 Å². The maximum absolute atomic E-state index is 12.7. The lowest BCUT2D eigenvalue weighted by Crippen LogP contribution is -2.50. The first kappa shape index (κ1) is 21.2. The predicted octanol–water partition coefficient (Wildman–Crippen LogP) is 4.20. The van der Waals surface area contributed by atoms with Crippen LogP contribution in [-0.2, 0) is 4.74 Å². The number of fused-ring (bicyclic) bond motifs is 1. The average Bonchev–Trinajstić information content (AvgIpc) is 2.97. The molecule has 0 spiro atoms. The molecule has 2 heterocycles. The molecule has 162 valence electrons. The molecule has 8 heteroatoms. The van der Waals surface area contributed by atoms with Crippen LogP contribution in [0.25, 0.3) is 0 Å². The van der Waals surface area contributed by atoms with Gasteiger partial charge in [0.1, 0.15) is 5.60 Å². The van der Waals surface area contributed by atoms with Gasteiger partial charge in [-0.15, -0.1) is 0 Å². The smallest absolute Gasteiger partial charge is 0.410 e. The Balaban J connectivity index is 1.47. The number of carbonyl (C=O) groups excluding carboxylic acids is 3. The first-order valence-electron chi connectivity index (χ1n) is 10.2. The minimum absolute atomic E-state index is 0.320. The quantitative estimate of drug-likeness (QED) is 0.653. The van der Waals surface area contributed by atoms with Crippen molar-refractivity contribution in [2.45, 2.75) is 26.4 Å². The lowest BCUT2D eigenvalue weighted by molar-refractivity contribution is 0.0240. The summed E-state index contributed by atoms with van der Waals surface area (Å²) in [5, 5.41) is 0.444. The lowest BCUT2D eigenvalue weighted by Gasteiger charge is -2.37. The summed E-state index contributed by atoms with van der Waals surface area (Å²) in [4.78, 5) is 42.6. The molecule has 0 bridgehead atoms. The zero-order valence-electron chi connectivity index (χ0n) is 17.7. The SMILES string of the molecule is CC(C)(C)OC(=O)N1CCN(c2ccc(N3C(=O)c4ccccc4C3=O)cc2Cl)CC1. The first-order chi connectivity index (χ1) is 14.7. The van der Waals surface area contributed by atoms with Crippen molar-refractivity contribution in [3.63, 3.8) is 0 Å². The van der Waals surface area contributed by atoms with E-state index in [0.717, 1.165) is 10.6 Å². The van der Waals surface area contributed by atoms with Gasteiger partial charge in [0.15, 0.2) is 0 Å². The van der Waals surface area contributed by atoms with Gasteiger partial charge < -0.3 is 14.5 Å². The van der Waals surface area contributed by atoms with Gasteiger partial charge >= 0.3 is 6.09 Å². The molecule has 0 saturated carbocycles. The summed E-state index contributed by atoms with van der Waals surface area (Å²) in [6.07, 6.45) is -0.320. The second-order valence-electron chi connectivity index (χ2n) is 8.58. The summed E-state index contributed by atoms with van der Waals surface area (Å²) in [5.74, 6) is -0.703. The van der Waals surface area contributed by atoms with E-state index in [0.29, 0.717) is 48.0 Å². The Morgan fingerprint density at radius 2 is 1.52 bits per heavy atom. The molecule has 1 saturated heterocycles. The summed E-state index contributed by atoms with van der Waals surface area (Å²) in [7, 11) is 0. The molecule has 4 rings (SSSR count). The minimum Gasteiger partial charge on any atom is -0.444 e. The van der Waals surface area contributed by atoms with Gasteiger partial charge in [0.2, 0.25) is 0 Å². The Morgan fingerprint density at radius 3 is 2.03 bits per heavy atom. The van der Waals surface area contributed by atoms with Gasteiger partial charge in [-0.05, 0) is 51.1 Å². The molecule has 0 N–H and O–H groups in total. The van der Waals surface area contributed by atoms with Crippen LogP contribution in [0.3, 0.4) is 0 Å². The van der Waals surface area contributed by atoms with Crippen molar-refractivity contribution in [1.82, 2.24) is 4.90 Å². The second-order valence-corrected chi connectivity index (χ2v) is 8.99. The molecule has 3 amide bonds. The number of benzene rings is 2. The highest BCUT2D eigenvalue weighted by Gasteiger charge is 2.36. The fourth-order valence-corrected chi connectivity index (χ4v) is 4.07. The standard InChI is InChI=1S/C23H24ClN3O4/c1-23(2,3)31-22(30)26-12-10-25(11-13-26)19-9-8-15(14-18(19)24)27-20(28)16-6-4-5-7-17(16)21(27)29/h4-9,14H,10-13H2,1-3H3. The monoisotopic (exact) mass is 441 g/mol. The van der Waals surface area contributed by atoms with E-state index in [1.54, 1.807) is 41.3 Å². The molecule has 0 radical (unpaired) electrons. The van der Waals surface area contributed by atoms with Crippen molar-refractivity contribution in [3.8, 4) is 0 Å². The number of hydrogen-bond donors (Lipinski definition) is 0. The molecule has 2 aromatic carbocycles. The van der Waals surface area contributed by atoms with E-state index in [9.17, 15) is 14.4 Å². The van der Waals surface area contributed by atoms with Crippen molar-refractivity contribution in [2.24, 2.45) is 0 Å². The fourth-order valence-electron chi connectivity index (χ4n) is 3.77. The summed E-state index contributed by atoms with van der Waals surface area (Å²) in [5.41, 5.74) is 1.49. The van der Waals surface area contributed by atoms with E-state index in [1.165, 1.54) is 0 Å². The number of halogens is 1. The molecule has 2 aliphatic heterocycles. The average molecular weight is 442 g/mol. The minimum atomic E-state index is -0.530. The molecular weight excluding hydrogens is 418 g/mol. The molecule has 2 aromatic rings. The highest BCUT2D eigenvalue weighted by atomic mass is 35.5. The van der Waals surface area contributed by atoms with Gasteiger partial charge in [-0.25, -0.2) is 9.69 Å². The maximum Gasteiger partial charge on any atom is 0.410 e. The van der Waals surface area contributed by atoms with Gasteiger partial charge in [-0.1, -0.05) is 23.7 Å². The topological polar surface area (TPSA) is 70.2 Å². The van der Waals surface area contributed by atoms with E-state index in [1.807, 2.05) is 26.8 Å². The molecule has 7 nitrogen and oxygen atoms in total. The molecule has 0 atom stereocenters. The van der Waals surface area contributed by atoms with E-state index in [4.69, 9.17) is 16.3 Å². The summed E-state index contributed by atoms with van der Waals surface area (Å²) < 4.78 is 5.43. The maximum atomic E-state index is 12.7. The van der Waals surface area contributed by atoms with E-state index in [-0.39, 0.29) is 17.9 Å². The van der Waals surface area contributed by atoms with E-state index < -0.39 is 5.60 Å². The third-order valence-corrected chi connectivity index (χ3v) is 5.56. The van der Waals surface area contributed by atoms with E-state index >= 15 is 0 Å². The highest BCUT2D eigenvalue weighted by Crippen LogP contribution is 2.34. The summed E-state index contributed by atoms with van der Waals surface area (Å²) in [6, 6.07) is 11.9. The third kappa shape index (κ3) is 4.10. The Bertz CT molecular complexity index is 1020. The Kier molecular flexibility index (Phi) is 5.39. The van der Waals surface area contributed by atoms with Crippen LogP contribution < -0.4 is 9.80 Å². The highest BCUT2D eigenvalue weighted by molar-refractivity contribution is 6.36. The van der Waals surface area contributed by atoms with E-state index in [2.05, 4.69) is 4.90 Å². The van der Waals surface area contributed by atoms with Gasteiger partial charge in [0.05, 0.1) is 27.5 Å². The Labute approximate surface area is 186 Å². The van der Waals surface area contributed by atoms with Crippen LogP contribution in [0, 0.1) is 0 Å². The molecule has 0 unspecified atom stereocenters. The van der Waals surface area contributed by atoms with Crippen LogP contribution in [0.4, 0.5) is 16.2 Å². The van der Waals surface area contributed by atoms with Crippen molar-refractivity contribution in [3.05, 3.63) is 58.6 Å². The van der Waals surface area contributed by atoms with Crippen LogP contribution in [-0.4, -0.2) is 54.6 Å². The van der Waals surface area contributed by atoms with Crippen LogP contribution >= 0.6 is 11.6 Å². The number of nitrogens with zero attached hydrogens (tertiary/aromatic N) is 3. The van der Waals surface area contributed by atoms with Crippen molar-refractivity contribution >= 4 is 40.9 Å². The zero-order valence-corrected chi connectivity index (χ0v) is 18.5. The summed E-state index contributed by atoms with van der Waals surface area (Å²) >= 11 is 6.54. The molecule has 0 aliphatic carbocycles. The van der Waals surface area contributed by atoms with Gasteiger partial charge in [-0.2, -0.15) is 0 Å². The van der Waals surface area contributed by atoms with Gasteiger partial charge in [-0.3, -0.25) is 9.59 Å². The normalized spacial score (nSPS) is 16.6. The number of hydrogen-bond acceptors (Lipinski definition) is 5. The number of anilines is 2. The zero-order chi connectivity index (χ0) is 22.3. The lowest BCUT2D eigenvalue weighted by atomic mass is 10.1. The molecule has 1 fully saturated rings. The number of carbonyl (C=O) groups is 3. The van der Waals surface area contributed by atoms with Crippen molar-refractivity contribution in [1.29, 1.82) is 0 Å². The first-order valence-corrected chi connectivity index (χ1v) is 10.5. The largest absolute Gasteiger partial charge is 0.444 e. The van der Waals surface area contributed by atoms with Crippen LogP contribution in [0.15, 0.2) is 42.5 Å². The van der Waals surface area contributed by atoms with Gasteiger partial charge in [0.25, 0.3) is 11.8 Å². The molecule has 31 heavy (non-hydrogen) atoms. The molecule has 2 aliphatic rings. The fraction of sp³-hybridized carbons (Fsp3) is 0.348. The van der Waals surface area contributed by atoms with Crippen molar-refractivity contribution in [2.75, 3.05) is 36.0 Å². The number of ether oxygens (including phenoxy) is 1. The molecular formula is C23H24ClN3O4.